The Balaban J connectivity index is 2.68. The number of rotatable bonds is 4. The van der Waals surface area contributed by atoms with Gasteiger partial charge in [0.05, 0.1) is 16.8 Å². The van der Waals surface area contributed by atoms with Gasteiger partial charge < -0.3 is 5.32 Å². The molecule has 1 aromatic heterocycles. The number of nitrogens with one attached hydrogen (secondary N) is 1. The summed E-state index contributed by atoms with van der Waals surface area (Å²) >= 11 is 5.93. The van der Waals surface area contributed by atoms with Gasteiger partial charge in [-0.1, -0.05) is 30.9 Å². The zero-order valence-electron chi connectivity index (χ0n) is 8.13. The largest absolute Gasteiger partial charge is 0.370 e. The lowest BCUT2D eigenvalue weighted by Crippen LogP contribution is -2.16. The van der Waals surface area contributed by atoms with E-state index in [0.29, 0.717) is 5.02 Å². The van der Waals surface area contributed by atoms with Gasteiger partial charge in [0.1, 0.15) is 0 Å². The highest BCUT2D eigenvalue weighted by Gasteiger charge is 2.05. The maximum Gasteiger partial charge on any atom is 0.0874 e. The molecule has 74 valence electrons. The summed E-state index contributed by atoms with van der Waals surface area (Å²) in [6.07, 6.45) is 10.7. The molecule has 0 aromatic carbocycles. The Bertz CT molecular complexity index is 330. The fourth-order valence-electron chi connectivity index (χ4n) is 1.17. The van der Waals surface area contributed by atoms with E-state index >= 15 is 0 Å². The van der Waals surface area contributed by atoms with Crippen LogP contribution in [0.4, 0.5) is 5.69 Å². The van der Waals surface area contributed by atoms with Crippen LogP contribution >= 0.6 is 11.6 Å². The molecule has 0 spiro atoms. The molecule has 3 heteroatoms. The minimum atomic E-state index is 0.0416. The molecule has 1 atom stereocenters. The summed E-state index contributed by atoms with van der Waals surface area (Å²) in [5.41, 5.74) is 0.845. The van der Waals surface area contributed by atoms with Crippen LogP contribution in [0.1, 0.15) is 19.8 Å². The summed E-state index contributed by atoms with van der Waals surface area (Å²) < 4.78 is 0. The first-order chi connectivity index (χ1) is 6.77. The normalized spacial score (nSPS) is 11.8. The molecule has 2 nitrogen and oxygen atoms in total. The number of hydrogen-bond donors (Lipinski definition) is 1. The van der Waals surface area contributed by atoms with Crippen molar-refractivity contribution in [1.82, 2.24) is 4.98 Å². The summed E-state index contributed by atoms with van der Waals surface area (Å²) in [6.45, 7) is 2.10. The Labute approximate surface area is 89.7 Å². The van der Waals surface area contributed by atoms with E-state index in [0.717, 1.165) is 18.5 Å². The van der Waals surface area contributed by atoms with Crippen molar-refractivity contribution in [3.63, 3.8) is 0 Å². The van der Waals surface area contributed by atoms with Crippen molar-refractivity contribution in [3.05, 3.63) is 23.5 Å². The fraction of sp³-hybridized carbons (Fsp3) is 0.364. The zero-order chi connectivity index (χ0) is 10.4. The van der Waals surface area contributed by atoms with Crippen LogP contribution in [-0.2, 0) is 0 Å². The Kier molecular flexibility index (Phi) is 4.28. The molecule has 0 radical (unpaired) electrons. The minimum absolute atomic E-state index is 0.0416. The maximum atomic E-state index is 5.93. The summed E-state index contributed by atoms with van der Waals surface area (Å²) in [5.74, 6) is 2.69. The van der Waals surface area contributed by atoms with Crippen LogP contribution in [0.2, 0.25) is 5.02 Å². The predicted octanol–water partition coefficient (Wildman–Crippen LogP) is 2.95. The summed E-state index contributed by atoms with van der Waals surface area (Å²) in [6, 6.07) is 1.86. The number of terminal acetylenes is 1. The molecule has 1 N–H and O–H groups in total. The zero-order valence-corrected chi connectivity index (χ0v) is 8.88. The maximum absolute atomic E-state index is 5.93. The summed E-state index contributed by atoms with van der Waals surface area (Å²) in [5, 5.41) is 3.79. The van der Waals surface area contributed by atoms with Crippen LogP contribution in [0.3, 0.4) is 0 Å². The highest BCUT2D eigenvalue weighted by molar-refractivity contribution is 6.33. The third-order valence-electron chi connectivity index (χ3n) is 1.88. The summed E-state index contributed by atoms with van der Waals surface area (Å²) in [4.78, 5) is 3.90. The van der Waals surface area contributed by atoms with Crippen molar-refractivity contribution < 1.29 is 0 Å². The van der Waals surface area contributed by atoms with Gasteiger partial charge in [0.2, 0.25) is 0 Å². The number of halogens is 1. The average Bonchev–Trinajstić information content (AvgIpc) is 2.20. The lowest BCUT2D eigenvalue weighted by atomic mass is 10.2. The van der Waals surface area contributed by atoms with Gasteiger partial charge in [-0.2, -0.15) is 0 Å². The predicted molar refractivity (Wildman–Crippen MR) is 60.4 cm³/mol. The number of aromatic nitrogens is 1. The molecule has 0 aliphatic rings. The first-order valence-corrected chi connectivity index (χ1v) is 4.98. The quantitative estimate of drug-likeness (QED) is 0.770. The van der Waals surface area contributed by atoms with Gasteiger partial charge in [0.15, 0.2) is 0 Å². The van der Waals surface area contributed by atoms with Crippen molar-refractivity contribution in [2.45, 2.75) is 25.8 Å². The Morgan fingerprint density at radius 1 is 1.71 bits per heavy atom. The molecule has 1 heterocycles. The van der Waals surface area contributed by atoms with Gasteiger partial charge in [-0.3, -0.25) is 4.98 Å². The standard InChI is InChI=1S/C11H13ClN2/c1-3-5-9(4-2)14-11-6-7-13-8-10(11)12/h2,6-9H,3,5H2,1H3,(H,13,14). The van der Waals surface area contributed by atoms with Gasteiger partial charge in [-0.05, 0) is 12.5 Å². The van der Waals surface area contributed by atoms with E-state index in [1.165, 1.54) is 0 Å². The first-order valence-electron chi connectivity index (χ1n) is 4.60. The molecule has 0 amide bonds. The second-order valence-corrected chi connectivity index (χ2v) is 3.41. The lowest BCUT2D eigenvalue weighted by Gasteiger charge is -2.13. The molecule has 0 fully saturated rings. The Morgan fingerprint density at radius 3 is 3.07 bits per heavy atom. The van der Waals surface area contributed by atoms with Crippen LogP contribution < -0.4 is 5.32 Å². The van der Waals surface area contributed by atoms with Gasteiger partial charge in [0.25, 0.3) is 0 Å². The van der Waals surface area contributed by atoms with E-state index in [1.807, 2.05) is 6.07 Å². The highest BCUT2D eigenvalue weighted by atomic mass is 35.5. The third kappa shape index (κ3) is 2.93. The van der Waals surface area contributed by atoms with Gasteiger partial charge in [-0.25, -0.2) is 0 Å². The highest BCUT2D eigenvalue weighted by Crippen LogP contribution is 2.20. The molecule has 0 saturated carbocycles. The Morgan fingerprint density at radius 2 is 2.50 bits per heavy atom. The average molecular weight is 209 g/mol. The van der Waals surface area contributed by atoms with E-state index in [4.69, 9.17) is 18.0 Å². The molecular formula is C11H13ClN2. The van der Waals surface area contributed by atoms with Crippen molar-refractivity contribution in [3.8, 4) is 12.3 Å². The second kappa shape index (κ2) is 5.51. The smallest absolute Gasteiger partial charge is 0.0874 e. The van der Waals surface area contributed by atoms with E-state index < -0.39 is 0 Å². The van der Waals surface area contributed by atoms with Gasteiger partial charge in [-0.15, -0.1) is 6.42 Å². The van der Waals surface area contributed by atoms with Crippen molar-refractivity contribution in [1.29, 1.82) is 0 Å². The third-order valence-corrected chi connectivity index (χ3v) is 2.18. The van der Waals surface area contributed by atoms with Crippen molar-refractivity contribution in [2.75, 3.05) is 5.32 Å². The molecule has 0 bridgehead atoms. The molecule has 1 rings (SSSR count). The van der Waals surface area contributed by atoms with E-state index in [2.05, 4.69) is 23.1 Å². The monoisotopic (exact) mass is 208 g/mol. The van der Waals surface area contributed by atoms with Gasteiger partial charge in [0, 0.05) is 12.4 Å². The molecule has 0 aliphatic heterocycles. The molecule has 1 unspecified atom stereocenters. The molecule has 0 aliphatic carbocycles. The lowest BCUT2D eigenvalue weighted by molar-refractivity contribution is 0.756. The first kappa shape index (κ1) is 10.9. The van der Waals surface area contributed by atoms with Crippen LogP contribution in [0.5, 0.6) is 0 Å². The van der Waals surface area contributed by atoms with Gasteiger partial charge >= 0.3 is 0 Å². The molecule has 1 aromatic rings. The second-order valence-electron chi connectivity index (χ2n) is 3.01. The van der Waals surface area contributed by atoms with E-state index in [1.54, 1.807) is 12.4 Å². The SMILES string of the molecule is C#CC(CCC)Nc1ccncc1Cl. The number of nitrogens with zero attached hydrogens (tertiary/aromatic N) is 1. The van der Waals surface area contributed by atoms with E-state index in [-0.39, 0.29) is 6.04 Å². The summed E-state index contributed by atoms with van der Waals surface area (Å²) in [7, 11) is 0. The van der Waals surface area contributed by atoms with E-state index in [9.17, 15) is 0 Å². The number of hydrogen-bond acceptors (Lipinski definition) is 2. The minimum Gasteiger partial charge on any atom is -0.370 e. The van der Waals surface area contributed by atoms with Crippen LogP contribution in [0, 0.1) is 12.3 Å². The van der Waals surface area contributed by atoms with Crippen LogP contribution in [0.15, 0.2) is 18.5 Å². The molecule has 0 saturated heterocycles. The molecular weight excluding hydrogens is 196 g/mol. The van der Waals surface area contributed by atoms with Crippen LogP contribution in [0.25, 0.3) is 0 Å². The topological polar surface area (TPSA) is 24.9 Å². The van der Waals surface area contributed by atoms with Crippen molar-refractivity contribution in [2.24, 2.45) is 0 Å². The Hall–Kier alpha value is -1.20. The van der Waals surface area contributed by atoms with Crippen molar-refractivity contribution >= 4 is 17.3 Å². The number of pyridine rings is 1. The number of anilines is 1. The van der Waals surface area contributed by atoms with Crippen LogP contribution in [-0.4, -0.2) is 11.0 Å². The fourth-order valence-corrected chi connectivity index (χ4v) is 1.34. The molecule has 14 heavy (non-hydrogen) atoms.